The number of benzene rings is 1. The van der Waals surface area contributed by atoms with Gasteiger partial charge in [-0.05, 0) is 42.8 Å². The van der Waals surface area contributed by atoms with Crippen molar-refractivity contribution in [1.82, 2.24) is 9.99 Å². The zero-order chi connectivity index (χ0) is 20.5. The van der Waals surface area contributed by atoms with Crippen molar-refractivity contribution >= 4 is 21.7 Å². The summed E-state index contributed by atoms with van der Waals surface area (Å²) < 4.78 is 66.1. The number of nitrogens with zero attached hydrogens (tertiary/aromatic N) is 4. The van der Waals surface area contributed by atoms with Crippen molar-refractivity contribution in [3.63, 3.8) is 0 Å². The predicted molar refractivity (Wildman–Crippen MR) is 97.0 cm³/mol. The Morgan fingerprint density at radius 2 is 1.93 bits per heavy atom. The molecule has 0 amide bonds. The Morgan fingerprint density at radius 3 is 2.50 bits per heavy atom. The maximum atomic E-state index is 12.6. The highest BCUT2D eigenvalue weighted by atomic mass is 32.2. The molecule has 1 unspecified atom stereocenters. The Kier molecular flexibility index (Phi) is 5.11. The molecule has 1 aromatic heterocycles. The Balaban J connectivity index is 1.81. The van der Waals surface area contributed by atoms with Gasteiger partial charge in [0.2, 0.25) is 5.96 Å². The summed E-state index contributed by atoms with van der Waals surface area (Å²) in [6, 6.07) is 6.67. The Labute approximate surface area is 159 Å². The first-order valence-electron chi connectivity index (χ1n) is 8.08. The fourth-order valence-electron chi connectivity index (χ4n) is 2.72. The molecule has 3 rings (SSSR count). The number of hydrazone groups is 1. The Bertz CT molecular complexity index is 1020. The third-order valence-electron chi connectivity index (χ3n) is 4.18. The third kappa shape index (κ3) is 4.14. The van der Waals surface area contributed by atoms with Crippen molar-refractivity contribution in [2.45, 2.75) is 23.9 Å². The first-order chi connectivity index (χ1) is 13.1. The monoisotopic (exact) mass is 411 g/mol. The Morgan fingerprint density at radius 1 is 1.25 bits per heavy atom. The van der Waals surface area contributed by atoms with Gasteiger partial charge in [-0.1, -0.05) is 6.07 Å². The molecule has 28 heavy (non-hydrogen) atoms. The number of guanidine groups is 1. The van der Waals surface area contributed by atoms with Crippen molar-refractivity contribution in [3.05, 3.63) is 59.9 Å². The minimum absolute atomic E-state index is 0.128. The number of nitrogens with two attached hydrogens (primary N) is 1. The summed E-state index contributed by atoms with van der Waals surface area (Å²) in [4.78, 5) is 3.65. The standard InChI is InChI=1S/C17H16F3N5O2S/c1-11-15(12-3-2-8-22-9-12)10-25(23-11)16(21)24-28(26,27)14-6-4-13(5-7-14)17(18,19)20/h2-9,15H,10H2,1H3,(H2,21,24). The predicted octanol–water partition coefficient (Wildman–Crippen LogP) is 2.58. The second-order valence-electron chi connectivity index (χ2n) is 6.11. The summed E-state index contributed by atoms with van der Waals surface area (Å²) in [5.41, 5.74) is 6.44. The highest BCUT2D eigenvalue weighted by Crippen LogP contribution is 2.30. The molecular weight excluding hydrogens is 395 g/mol. The van der Waals surface area contributed by atoms with Crippen LogP contribution < -0.4 is 5.73 Å². The van der Waals surface area contributed by atoms with E-state index in [0.717, 1.165) is 17.7 Å². The van der Waals surface area contributed by atoms with Gasteiger partial charge in [0, 0.05) is 24.0 Å². The number of sulfonamides is 1. The molecule has 0 saturated heterocycles. The van der Waals surface area contributed by atoms with Crippen LogP contribution in [-0.4, -0.2) is 36.6 Å². The van der Waals surface area contributed by atoms with E-state index in [9.17, 15) is 21.6 Å². The topological polar surface area (TPSA) is 101 Å². The third-order valence-corrected chi connectivity index (χ3v) is 5.48. The van der Waals surface area contributed by atoms with E-state index in [-0.39, 0.29) is 18.4 Å². The van der Waals surface area contributed by atoms with Crippen LogP contribution >= 0.6 is 0 Å². The van der Waals surface area contributed by atoms with E-state index in [2.05, 4.69) is 14.5 Å². The summed E-state index contributed by atoms with van der Waals surface area (Å²) in [6.07, 6.45) is -1.25. The molecule has 0 bridgehead atoms. The van der Waals surface area contributed by atoms with Crippen molar-refractivity contribution < 1.29 is 21.6 Å². The van der Waals surface area contributed by atoms with E-state index in [1.165, 1.54) is 5.01 Å². The highest BCUT2D eigenvalue weighted by molar-refractivity contribution is 7.90. The molecule has 2 aromatic rings. The van der Waals surface area contributed by atoms with Crippen molar-refractivity contribution in [1.29, 1.82) is 0 Å². The van der Waals surface area contributed by atoms with Gasteiger partial charge in [-0.3, -0.25) is 4.98 Å². The highest BCUT2D eigenvalue weighted by Gasteiger charge is 2.31. The van der Waals surface area contributed by atoms with Crippen molar-refractivity contribution in [3.8, 4) is 0 Å². The van der Waals surface area contributed by atoms with E-state index >= 15 is 0 Å². The van der Waals surface area contributed by atoms with E-state index in [0.29, 0.717) is 17.8 Å². The molecule has 1 atom stereocenters. The fraction of sp³-hybridized carbons (Fsp3) is 0.235. The summed E-state index contributed by atoms with van der Waals surface area (Å²) in [7, 11) is -4.29. The number of aromatic nitrogens is 1. The number of hydrogen-bond acceptors (Lipinski definition) is 4. The van der Waals surface area contributed by atoms with Crippen molar-refractivity contribution in [2.75, 3.05) is 6.54 Å². The lowest BCUT2D eigenvalue weighted by Crippen LogP contribution is -2.33. The van der Waals surface area contributed by atoms with Crippen LogP contribution in [0.5, 0.6) is 0 Å². The first kappa shape index (κ1) is 19.8. The second kappa shape index (κ2) is 7.23. The lowest BCUT2D eigenvalue weighted by Gasteiger charge is -2.15. The molecule has 1 aliphatic rings. The first-order valence-corrected chi connectivity index (χ1v) is 9.52. The maximum absolute atomic E-state index is 12.6. The molecule has 2 heterocycles. The number of alkyl halides is 3. The van der Waals surface area contributed by atoms with Gasteiger partial charge in [0.15, 0.2) is 0 Å². The van der Waals surface area contributed by atoms with E-state index in [1.807, 2.05) is 6.07 Å². The van der Waals surface area contributed by atoms with Gasteiger partial charge in [0.1, 0.15) is 0 Å². The molecule has 2 N–H and O–H groups in total. The van der Waals surface area contributed by atoms with Crippen molar-refractivity contribution in [2.24, 2.45) is 15.2 Å². The largest absolute Gasteiger partial charge is 0.416 e. The molecule has 0 saturated carbocycles. The molecule has 0 fully saturated rings. The zero-order valence-electron chi connectivity index (χ0n) is 14.6. The van der Waals surface area contributed by atoms with Gasteiger partial charge in [-0.2, -0.15) is 26.7 Å². The molecule has 1 aromatic carbocycles. The van der Waals surface area contributed by atoms with Crippen LogP contribution in [0.25, 0.3) is 0 Å². The van der Waals surface area contributed by atoms with Gasteiger partial charge < -0.3 is 5.73 Å². The lowest BCUT2D eigenvalue weighted by atomic mass is 9.97. The number of pyridine rings is 1. The molecule has 148 valence electrons. The van der Waals surface area contributed by atoms with Gasteiger partial charge in [0.25, 0.3) is 10.0 Å². The molecule has 11 heteroatoms. The summed E-state index contributed by atoms with van der Waals surface area (Å²) in [5.74, 6) is -0.498. The van der Waals surface area contributed by atoms with E-state index < -0.39 is 26.7 Å². The second-order valence-corrected chi connectivity index (χ2v) is 7.71. The van der Waals surface area contributed by atoms with Crippen LogP contribution in [0.4, 0.5) is 13.2 Å². The summed E-state index contributed by atoms with van der Waals surface area (Å²) in [6.45, 7) is 2.05. The van der Waals surface area contributed by atoms with Gasteiger partial charge >= 0.3 is 6.18 Å². The number of hydrogen-bond donors (Lipinski definition) is 1. The minimum atomic E-state index is -4.56. The maximum Gasteiger partial charge on any atom is 0.416 e. The molecule has 0 aliphatic carbocycles. The molecule has 0 radical (unpaired) electrons. The van der Waals surface area contributed by atoms with Crippen LogP contribution in [0.2, 0.25) is 0 Å². The van der Waals surface area contributed by atoms with Crippen LogP contribution in [0.15, 0.2) is 63.2 Å². The zero-order valence-corrected chi connectivity index (χ0v) is 15.4. The number of halogens is 3. The Hall–Kier alpha value is -2.95. The van der Waals surface area contributed by atoms with Crippen LogP contribution in [0.3, 0.4) is 0 Å². The molecular formula is C17H16F3N5O2S. The SMILES string of the molecule is CC1=NN(C(N)=NS(=O)(=O)c2ccc(C(F)(F)F)cc2)CC1c1cccnc1. The minimum Gasteiger partial charge on any atom is -0.367 e. The molecule has 0 spiro atoms. The fourth-order valence-corrected chi connectivity index (χ4v) is 3.64. The van der Waals surface area contributed by atoms with Crippen LogP contribution in [-0.2, 0) is 16.2 Å². The average molecular weight is 411 g/mol. The summed E-state index contributed by atoms with van der Waals surface area (Å²) in [5, 5.41) is 5.47. The van der Waals surface area contributed by atoms with Crippen LogP contribution in [0.1, 0.15) is 24.0 Å². The van der Waals surface area contributed by atoms with Gasteiger partial charge in [-0.25, -0.2) is 5.01 Å². The normalized spacial score (nSPS) is 18.3. The lowest BCUT2D eigenvalue weighted by molar-refractivity contribution is -0.137. The van der Waals surface area contributed by atoms with E-state index in [4.69, 9.17) is 5.73 Å². The molecule has 7 nitrogen and oxygen atoms in total. The summed E-state index contributed by atoms with van der Waals surface area (Å²) >= 11 is 0. The van der Waals surface area contributed by atoms with Crippen LogP contribution in [0, 0.1) is 0 Å². The van der Waals surface area contributed by atoms with E-state index in [1.54, 1.807) is 25.4 Å². The number of rotatable bonds is 3. The quantitative estimate of drug-likeness (QED) is 0.618. The molecule has 1 aliphatic heterocycles. The average Bonchev–Trinajstić information content (AvgIpc) is 3.03. The van der Waals surface area contributed by atoms with Gasteiger partial charge in [0.05, 0.1) is 17.0 Å². The van der Waals surface area contributed by atoms with Gasteiger partial charge in [-0.15, -0.1) is 4.40 Å². The smallest absolute Gasteiger partial charge is 0.367 e.